The van der Waals surface area contributed by atoms with E-state index in [4.69, 9.17) is 9.47 Å². The van der Waals surface area contributed by atoms with Crippen molar-refractivity contribution < 1.29 is 27.8 Å². The van der Waals surface area contributed by atoms with E-state index in [9.17, 15) is 18.3 Å². The zero-order chi connectivity index (χ0) is 24.9. The van der Waals surface area contributed by atoms with Crippen molar-refractivity contribution in [3.05, 3.63) is 23.8 Å². The van der Waals surface area contributed by atoms with E-state index in [1.165, 1.54) is 35.2 Å². The van der Waals surface area contributed by atoms with Gasteiger partial charge in [0.2, 0.25) is 15.9 Å². The van der Waals surface area contributed by atoms with Crippen LogP contribution in [0, 0.1) is 23.7 Å². The molecule has 1 saturated carbocycles. The number of hydrogen-bond acceptors (Lipinski definition) is 6. The van der Waals surface area contributed by atoms with Gasteiger partial charge < -0.3 is 19.5 Å². The minimum atomic E-state index is -3.91. The average molecular weight is 493 g/mol. The number of sulfonamides is 1. The van der Waals surface area contributed by atoms with Gasteiger partial charge in [0.25, 0.3) is 0 Å². The standard InChI is InChI=1S/C25H36N2O6S/c1-18-14-27(19(2)16-28)34(30,31)24-12-11-21(10-9-20-7-5-6-8-20)13-22(24)33-23(18)15-26(3)25(29)17-32-4/h11-13,18-20,23,28H,5-8,14-17H2,1-4H3/t18-,19-,23-/m0/s1. The molecule has 3 atom stereocenters. The lowest BCUT2D eigenvalue weighted by Crippen LogP contribution is -2.50. The second kappa shape index (κ2) is 11.5. The molecule has 188 valence electrons. The number of aliphatic hydroxyl groups is 1. The fourth-order valence-corrected chi connectivity index (χ4v) is 6.21. The summed E-state index contributed by atoms with van der Waals surface area (Å²) in [6.07, 6.45) is 4.11. The predicted octanol–water partition coefficient (Wildman–Crippen LogP) is 2.10. The molecule has 1 aromatic carbocycles. The lowest BCUT2D eigenvalue weighted by atomic mass is 10.0. The van der Waals surface area contributed by atoms with Gasteiger partial charge in [-0.25, -0.2) is 8.42 Å². The maximum Gasteiger partial charge on any atom is 0.248 e. The van der Waals surface area contributed by atoms with Gasteiger partial charge in [0, 0.05) is 44.1 Å². The van der Waals surface area contributed by atoms with E-state index in [2.05, 4.69) is 11.8 Å². The molecule has 1 amide bonds. The Morgan fingerprint density at radius 2 is 2.06 bits per heavy atom. The molecule has 1 aromatic rings. The Morgan fingerprint density at radius 1 is 1.35 bits per heavy atom. The van der Waals surface area contributed by atoms with E-state index >= 15 is 0 Å². The van der Waals surface area contributed by atoms with Crippen LogP contribution in [0.15, 0.2) is 23.1 Å². The molecule has 0 bridgehead atoms. The molecule has 34 heavy (non-hydrogen) atoms. The van der Waals surface area contributed by atoms with Crippen molar-refractivity contribution in [2.45, 2.75) is 56.6 Å². The van der Waals surface area contributed by atoms with E-state index in [-0.39, 0.29) is 48.8 Å². The van der Waals surface area contributed by atoms with E-state index in [0.29, 0.717) is 11.5 Å². The molecule has 1 aliphatic carbocycles. The molecule has 2 aliphatic rings. The highest BCUT2D eigenvalue weighted by Crippen LogP contribution is 2.34. The Bertz CT molecular complexity index is 1030. The summed E-state index contributed by atoms with van der Waals surface area (Å²) < 4.78 is 39.7. The first-order valence-electron chi connectivity index (χ1n) is 11.8. The van der Waals surface area contributed by atoms with Gasteiger partial charge in [0.15, 0.2) is 0 Å². The number of amides is 1. The first-order valence-corrected chi connectivity index (χ1v) is 13.3. The van der Waals surface area contributed by atoms with Gasteiger partial charge in [-0.2, -0.15) is 4.31 Å². The van der Waals surface area contributed by atoms with Crippen molar-refractivity contribution in [1.82, 2.24) is 9.21 Å². The molecule has 9 heteroatoms. The van der Waals surface area contributed by atoms with Gasteiger partial charge in [-0.3, -0.25) is 4.79 Å². The molecular formula is C25H36N2O6S. The van der Waals surface area contributed by atoms with Crippen molar-refractivity contribution in [2.75, 3.05) is 40.5 Å². The molecule has 0 radical (unpaired) electrons. The van der Waals surface area contributed by atoms with Crippen LogP contribution in [-0.2, 0) is 19.6 Å². The Labute approximate surface area is 203 Å². The molecule has 0 saturated heterocycles. The quantitative estimate of drug-likeness (QED) is 0.611. The highest BCUT2D eigenvalue weighted by molar-refractivity contribution is 7.89. The fourth-order valence-electron chi connectivity index (χ4n) is 4.38. The zero-order valence-electron chi connectivity index (χ0n) is 20.5. The number of carbonyl (C=O) groups is 1. The Hall–Kier alpha value is -2.12. The lowest BCUT2D eigenvalue weighted by Gasteiger charge is -2.37. The van der Waals surface area contributed by atoms with Crippen molar-refractivity contribution in [2.24, 2.45) is 11.8 Å². The molecular weight excluding hydrogens is 456 g/mol. The number of likely N-dealkylation sites (N-methyl/N-ethyl adjacent to an activating group) is 1. The second-order valence-corrected chi connectivity index (χ2v) is 11.2. The summed E-state index contributed by atoms with van der Waals surface area (Å²) in [6, 6.07) is 4.32. The first kappa shape index (κ1) is 26.5. The van der Waals surface area contributed by atoms with Crippen LogP contribution >= 0.6 is 0 Å². The number of carbonyl (C=O) groups excluding carboxylic acids is 1. The van der Waals surface area contributed by atoms with Crippen LogP contribution in [0.25, 0.3) is 0 Å². The second-order valence-electron chi connectivity index (χ2n) is 9.36. The number of rotatable bonds is 6. The zero-order valence-corrected chi connectivity index (χ0v) is 21.3. The molecule has 0 aromatic heterocycles. The maximum atomic E-state index is 13.5. The number of fused-ring (bicyclic) bond motifs is 1. The minimum Gasteiger partial charge on any atom is -0.487 e. The summed E-state index contributed by atoms with van der Waals surface area (Å²) in [6.45, 7) is 3.64. The van der Waals surface area contributed by atoms with E-state index < -0.39 is 22.2 Å². The van der Waals surface area contributed by atoms with Crippen LogP contribution in [0.4, 0.5) is 0 Å². The number of ether oxygens (including phenoxy) is 2. The Balaban J connectivity index is 2.00. The minimum absolute atomic E-state index is 0.0435. The topological polar surface area (TPSA) is 96.4 Å². The fraction of sp³-hybridized carbons (Fsp3) is 0.640. The summed E-state index contributed by atoms with van der Waals surface area (Å²) in [7, 11) is -0.777. The van der Waals surface area contributed by atoms with Crippen molar-refractivity contribution in [1.29, 1.82) is 0 Å². The number of benzene rings is 1. The number of hydrogen-bond donors (Lipinski definition) is 1. The molecule has 0 unspecified atom stereocenters. The average Bonchev–Trinajstić information content (AvgIpc) is 3.33. The van der Waals surface area contributed by atoms with Gasteiger partial charge in [0.05, 0.1) is 13.2 Å². The molecule has 1 heterocycles. The van der Waals surface area contributed by atoms with Crippen LogP contribution in [0.2, 0.25) is 0 Å². The molecule has 1 aliphatic heterocycles. The van der Waals surface area contributed by atoms with Crippen molar-refractivity contribution >= 4 is 15.9 Å². The lowest BCUT2D eigenvalue weighted by molar-refractivity contribution is -0.135. The van der Waals surface area contributed by atoms with Crippen LogP contribution < -0.4 is 4.74 Å². The smallest absolute Gasteiger partial charge is 0.248 e. The van der Waals surface area contributed by atoms with Gasteiger partial charge in [-0.15, -0.1) is 0 Å². The van der Waals surface area contributed by atoms with Crippen LogP contribution in [0.1, 0.15) is 45.1 Å². The van der Waals surface area contributed by atoms with Gasteiger partial charge in [-0.1, -0.05) is 31.6 Å². The van der Waals surface area contributed by atoms with Crippen molar-refractivity contribution in [3.8, 4) is 17.6 Å². The highest BCUT2D eigenvalue weighted by Gasteiger charge is 2.38. The molecule has 1 fully saturated rings. The number of aliphatic hydroxyl groups excluding tert-OH is 1. The van der Waals surface area contributed by atoms with E-state index in [1.54, 1.807) is 26.1 Å². The Kier molecular flexibility index (Phi) is 8.99. The van der Waals surface area contributed by atoms with Gasteiger partial charge in [0.1, 0.15) is 23.4 Å². The molecule has 3 rings (SSSR count). The molecule has 1 N–H and O–H groups in total. The van der Waals surface area contributed by atoms with E-state index in [1.807, 2.05) is 6.92 Å². The summed E-state index contributed by atoms with van der Waals surface area (Å²) >= 11 is 0. The largest absolute Gasteiger partial charge is 0.487 e. The van der Waals surface area contributed by atoms with Gasteiger partial charge >= 0.3 is 0 Å². The number of nitrogens with zero attached hydrogens (tertiary/aromatic N) is 2. The van der Waals surface area contributed by atoms with Crippen LogP contribution in [-0.4, -0.2) is 81.2 Å². The Morgan fingerprint density at radius 3 is 2.71 bits per heavy atom. The first-order chi connectivity index (χ1) is 16.2. The normalized spacial score (nSPS) is 23.6. The highest BCUT2D eigenvalue weighted by atomic mass is 32.2. The molecule has 8 nitrogen and oxygen atoms in total. The summed E-state index contributed by atoms with van der Waals surface area (Å²) in [5.41, 5.74) is 0.693. The third-order valence-electron chi connectivity index (χ3n) is 6.59. The summed E-state index contributed by atoms with van der Waals surface area (Å²) in [5.74, 6) is 6.65. The third kappa shape index (κ3) is 6.11. The SMILES string of the molecule is COCC(=O)N(C)C[C@@H]1Oc2cc(C#CC3CCCC3)ccc2S(=O)(=O)N([C@@H](C)CO)C[C@@H]1C. The number of methoxy groups -OCH3 is 1. The van der Waals surface area contributed by atoms with Crippen LogP contribution in [0.5, 0.6) is 5.75 Å². The predicted molar refractivity (Wildman–Crippen MR) is 129 cm³/mol. The van der Waals surface area contributed by atoms with Gasteiger partial charge in [-0.05, 0) is 38.0 Å². The summed E-state index contributed by atoms with van der Waals surface area (Å²) in [4.78, 5) is 13.9. The van der Waals surface area contributed by atoms with E-state index in [0.717, 1.165) is 12.8 Å². The molecule has 0 spiro atoms. The maximum absolute atomic E-state index is 13.5. The van der Waals surface area contributed by atoms with Crippen LogP contribution in [0.3, 0.4) is 0 Å². The third-order valence-corrected chi connectivity index (χ3v) is 8.61. The van der Waals surface area contributed by atoms with Crippen molar-refractivity contribution in [3.63, 3.8) is 0 Å². The summed E-state index contributed by atoms with van der Waals surface area (Å²) in [5, 5.41) is 9.75. The monoisotopic (exact) mass is 492 g/mol.